The summed E-state index contributed by atoms with van der Waals surface area (Å²) >= 11 is 5.66. The molecule has 3 aliphatic rings. The van der Waals surface area contributed by atoms with Gasteiger partial charge in [0.1, 0.15) is 0 Å². The molecule has 0 spiro atoms. The zero-order valence-corrected chi connectivity index (χ0v) is 74.8. The van der Waals surface area contributed by atoms with Gasteiger partial charge >= 0.3 is 0 Å². The van der Waals surface area contributed by atoms with Gasteiger partial charge in [0.25, 0.3) is 0 Å². The van der Waals surface area contributed by atoms with Crippen molar-refractivity contribution in [3.8, 4) is 167 Å². The lowest BCUT2D eigenvalue weighted by molar-refractivity contribution is 1.26. The fourth-order valence-corrected chi connectivity index (χ4v) is 24.3. The molecule has 0 bridgehead atoms. The first-order valence-electron chi connectivity index (χ1n) is 45.7. The smallest absolute Gasteiger partial charge is 0.0433 e. The summed E-state index contributed by atoms with van der Waals surface area (Å²) in [6.07, 6.45) is 2.87. The Morgan fingerprint density at radius 3 is 0.894 bits per heavy atom. The van der Waals surface area contributed by atoms with Gasteiger partial charge in [-0.3, -0.25) is 0 Å². The van der Waals surface area contributed by atoms with E-state index in [0.717, 1.165) is 19.3 Å². The van der Waals surface area contributed by atoms with Crippen molar-refractivity contribution in [2.45, 2.75) is 19.3 Å². The Morgan fingerprint density at radius 2 is 0.394 bits per heavy atom. The van der Waals surface area contributed by atoms with Crippen molar-refractivity contribution in [3.63, 3.8) is 0 Å². The van der Waals surface area contributed by atoms with Crippen LogP contribution in [0.15, 0.2) is 473 Å². The number of fused-ring (bicyclic) bond motifs is 18. The van der Waals surface area contributed by atoms with Crippen LogP contribution < -0.4 is 0 Å². The van der Waals surface area contributed by atoms with Crippen LogP contribution in [0.3, 0.4) is 0 Å². The Bertz CT molecular complexity index is 8610. The van der Waals surface area contributed by atoms with Crippen molar-refractivity contribution in [3.05, 3.63) is 507 Å². The van der Waals surface area contributed by atoms with Crippen LogP contribution in [0.1, 0.15) is 33.4 Å². The third-order valence-corrected chi connectivity index (χ3v) is 31.0. The number of hydrogen-bond donors (Lipinski definition) is 0. The zero-order valence-electron chi connectivity index (χ0n) is 72.4. The summed E-state index contributed by atoms with van der Waals surface area (Å²) in [5.41, 5.74) is 47.2. The van der Waals surface area contributed by atoms with Gasteiger partial charge in [-0.2, -0.15) is 0 Å². The van der Waals surface area contributed by atoms with Gasteiger partial charge in [0.2, 0.25) is 0 Å². The van der Waals surface area contributed by atoms with E-state index < -0.39 is 0 Å². The molecule has 24 aromatic rings. The number of rotatable bonds is 12. The molecule has 0 N–H and O–H groups in total. The molecule has 0 radical (unpaired) electrons. The van der Waals surface area contributed by atoms with Crippen molar-refractivity contribution in [1.82, 2.24) is 0 Å². The summed E-state index contributed by atoms with van der Waals surface area (Å²) in [6, 6.07) is 174. The summed E-state index contributed by atoms with van der Waals surface area (Å²) in [6.45, 7) is 0. The molecule has 3 heteroatoms. The van der Waals surface area contributed by atoms with Gasteiger partial charge < -0.3 is 0 Å². The largest absolute Gasteiger partial charge is 0.135 e. The molecule has 132 heavy (non-hydrogen) atoms. The lowest BCUT2D eigenvalue weighted by atomic mass is 9.89. The first kappa shape index (κ1) is 78.5. The average Bonchev–Trinajstić information content (AvgIpc) is 1.36. The van der Waals surface area contributed by atoms with Gasteiger partial charge in [-0.05, 0) is 298 Å². The third-order valence-electron chi connectivity index (χ3n) is 27.5. The lowest BCUT2D eigenvalue weighted by Gasteiger charge is -2.15. The average molecular weight is 1730 g/mol. The molecule has 618 valence electrons. The maximum atomic E-state index is 2.45. The monoisotopic (exact) mass is 1730 g/mol. The zero-order chi connectivity index (χ0) is 87.1. The Labute approximate surface area is 781 Å². The van der Waals surface area contributed by atoms with E-state index >= 15 is 0 Å². The Morgan fingerprint density at radius 1 is 0.121 bits per heavy atom. The van der Waals surface area contributed by atoms with Crippen molar-refractivity contribution >= 4 is 94.5 Å². The number of benzene rings is 21. The van der Waals surface area contributed by atoms with Crippen LogP contribution in [0.25, 0.3) is 227 Å². The normalized spacial score (nSPS) is 12.0. The molecule has 0 saturated heterocycles. The van der Waals surface area contributed by atoms with Crippen LogP contribution in [0.4, 0.5) is 0 Å². The first-order valence-corrected chi connectivity index (χ1v) is 48.1. The highest BCUT2D eigenvalue weighted by Gasteiger charge is 2.29. The minimum atomic E-state index is 0.940. The van der Waals surface area contributed by atoms with Gasteiger partial charge in [-0.25, -0.2) is 0 Å². The van der Waals surface area contributed by atoms with Gasteiger partial charge in [-0.15, -0.1) is 34.0 Å². The van der Waals surface area contributed by atoms with Crippen molar-refractivity contribution < 1.29 is 0 Å². The lowest BCUT2D eigenvalue weighted by Crippen LogP contribution is -1.91. The molecular weight excluding hydrogens is 1650 g/mol. The molecule has 3 aliphatic carbocycles. The maximum absolute atomic E-state index is 2.45. The van der Waals surface area contributed by atoms with E-state index in [4.69, 9.17) is 0 Å². The summed E-state index contributed by atoms with van der Waals surface area (Å²) in [5, 5.41) is 8.09. The molecule has 0 fully saturated rings. The second kappa shape index (κ2) is 33.4. The van der Waals surface area contributed by atoms with Crippen molar-refractivity contribution in [1.29, 1.82) is 0 Å². The SMILES string of the molecule is c1ccc(-c2ccc(-c3cccc(-c4cc(-c5cccc6c5sc5ccccc56)cc5c4Cc4ccccc4-5)c3)cc2)cc1.c1ccc(-c2ccc(-c3cccc(-c4ccc5c(c4)-c4cccc(-c6ccc7sc8ccccc8c7c6)c4C5)c3)cc2)cc1.c1ccc(-c2ccc(-c3cccc(-c4cccc5c4Cc4c(-c6ccc7sc8ccccc8c7c6)cccc4-5)c3)cc2)cc1. The molecule has 3 heterocycles. The summed E-state index contributed by atoms with van der Waals surface area (Å²) in [5.74, 6) is 0. The Hall–Kier alpha value is -15.7. The standard InChI is InChI=1S/3C43H28S/c1-2-9-28(10-3-1)29-19-21-30(22-20-29)31-11-6-12-32(25-31)34-14-7-16-36-37-17-8-15-35(40(37)27-39(34)36)33-23-24-43-41(26-33)38-13-4-5-18-42(38)44-43;1-2-8-28(9-3-1)29-16-18-30(19-17-29)31-10-6-11-32(24-31)33-20-21-35-26-40-36(13-7-14-37(40)39(35)25-33)34-22-23-43-41(27-34)38-12-4-5-15-42(38)44-43;1-2-10-28(11-3-1)29-20-22-30(23-21-29)31-13-8-14-32(24-31)39-26-34(27-40-35-15-5-4-12-33(35)25-41(39)40)36-17-9-18-38-37-16-6-7-19-42(37)44-43(36)38/h1-26H,27H2;1-25,27H,26H2;1-24,26-27H,25H2. The highest BCUT2D eigenvalue weighted by molar-refractivity contribution is 7.27. The van der Waals surface area contributed by atoms with E-state index in [-0.39, 0.29) is 0 Å². The quantitative estimate of drug-likeness (QED) is 0.114. The summed E-state index contributed by atoms with van der Waals surface area (Å²) in [4.78, 5) is 0. The Balaban J connectivity index is 0.000000106. The summed E-state index contributed by atoms with van der Waals surface area (Å²) in [7, 11) is 0. The predicted octanol–water partition coefficient (Wildman–Crippen LogP) is 36.9. The molecule has 3 aromatic heterocycles. The fourth-order valence-electron chi connectivity index (χ4n) is 20.9. The van der Waals surface area contributed by atoms with E-state index in [1.165, 1.54) is 261 Å². The maximum Gasteiger partial charge on any atom is 0.0433 e. The molecule has 0 aliphatic heterocycles. The van der Waals surface area contributed by atoms with E-state index in [2.05, 4.69) is 473 Å². The van der Waals surface area contributed by atoms with Gasteiger partial charge in [0, 0.05) is 60.5 Å². The second-order valence-corrected chi connectivity index (χ2v) is 38.3. The van der Waals surface area contributed by atoms with Crippen LogP contribution in [-0.2, 0) is 19.3 Å². The molecule has 0 unspecified atom stereocenters. The molecule has 0 saturated carbocycles. The van der Waals surface area contributed by atoms with Crippen LogP contribution in [0.5, 0.6) is 0 Å². The van der Waals surface area contributed by atoms with Gasteiger partial charge in [0.05, 0.1) is 0 Å². The van der Waals surface area contributed by atoms with Crippen LogP contribution >= 0.6 is 34.0 Å². The van der Waals surface area contributed by atoms with E-state index in [1.807, 2.05) is 34.0 Å². The highest BCUT2D eigenvalue weighted by Crippen LogP contribution is 2.52. The molecular formula is C129H84S3. The van der Waals surface area contributed by atoms with Crippen molar-refractivity contribution in [2.75, 3.05) is 0 Å². The van der Waals surface area contributed by atoms with Crippen LogP contribution in [0, 0.1) is 0 Å². The van der Waals surface area contributed by atoms with Gasteiger partial charge in [0.15, 0.2) is 0 Å². The Kier molecular flexibility index (Phi) is 19.9. The van der Waals surface area contributed by atoms with E-state index in [0.29, 0.717) is 0 Å². The number of hydrogen-bond acceptors (Lipinski definition) is 3. The summed E-state index contributed by atoms with van der Waals surface area (Å²) < 4.78 is 8.11. The highest BCUT2D eigenvalue weighted by atomic mass is 32.1. The van der Waals surface area contributed by atoms with Crippen LogP contribution in [-0.4, -0.2) is 0 Å². The van der Waals surface area contributed by atoms with Crippen molar-refractivity contribution in [2.24, 2.45) is 0 Å². The topological polar surface area (TPSA) is 0 Å². The molecule has 27 rings (SSSR count). The second-order valence-electron chi connectivity index (χ2n) is 35.1. The predicted molar refractivity (Wildman–Crippen MR) is 568 cm³/mol. The molecule has 21 aromatic carbocycles. The van der Waals surface area contributed by atoms with E-state index in [9.17, 15) is 0 Å². The number of thiophene rings is 3. The third kappa shape index (κ3) is 14.4. The van der Waals surface area contributed by atoms with Crippen LogP contribution in [0.2, 0.25) is 0 Å². The molecule has 0 atom stereocenters. The minimum absolute atomic E-state index is 0.940. The fraction of sp³-hybridized carbons (Fsp3) is 0.0233. The molecule has 0 amide bonds. The molecule has 0 nitrogen and oxygen atoms in total. The minimum Gasteiger partial charge on any atom is -0.135 e. The first-order chi connectivity index (χ1) is 65.4. The van der Waals surface area contributed by atoms with E-state index in [1.54, 1.807) is 0 Å². The van der Waals surface area contributed by atoms with Gasteiger partial charge in [-0.1, -0.05) is 394 Å².